The Morgan fingerprint density at radius 2 is 1.88 bits per heavy atom. The number of rotatable bonds is 7. The lowest BCUT2D eigenvalue weighted by Crippen LogP contribution is -2.20. The molecule has 2 aromatic carbocycles. The number of carbonyl (C=O) groups excluding carboxylic acids is 1. The molecular weight excluding hydrogens is 324 g/mol. The van der Waals surface area contributed by atoms with Crippen molar-refractivity contribution in [3.63, 3.8) is 0 Å². The van der Waals surface area contributed by atoms with E-state index >= 15 is 0 Å². The third kappa shape index (κ3) is 4.94. The summed E-state index contributed by atoms with van der Waals surface area (Å²) in [7, 11) is 1.35. The van der Waals surface area contributed by atoms with E-state index in [2.05, 4.69) is 19.2 Å². The van der Waals surface area contributed by atoms with Gasteiger partial charge in [-0.2, -0.15) is 0 Å². The first kappa shape index (κ1) is 18.3. The molecule has 1 N–H and O–H groups in total. The van der Waals surface area contributed by atoms with Crippen molar-refractivity contribution in [1.82, 2.24) is 0 Å². The Morgan fingerprint density at radius 3 is 2.44 bits per heavy atom. The predicted molar refractivity (Wildman–Crippen MR) is 94.3 cm³/mol. The van der Waals surface area contributed by atoms with E-state index in [-0.39, 0.29) is 18.0 Å². The van der Waals surface area contributed by atoms with Gasteiger partial charge in [0, 0.05) is 11.8 Å². The highest BCUT2D eigenvalue weighted by atomic mass is 16.6. The Labute approximate surface area is 145 Å². The van der Waals surface area contributed by atoms with Crippen molar-refractivity contribution in [3.8, 4) is 11.5 Å². The van der Waals surface area contributed by atoms with E-state index in [9.17, 15) is 14.9 Å². The van der Waals surface area contributed by atoms with Gasteiger partial charge in [-0.15, -0.1) is 0 Å². The Kier molecular flexibility index (Phi) is 5.94. The topological polar surface area (TPSA) is 90.7 Å². The zero-order valence-electron chi connectivity index (χ0n) is 14.3. The minimum Gasteiger partial charge on any atom is -0.490 e. The molecule has 2 rings (SSSR count). The van der Waals surface area contributed by atoms with Gasteiger partial charge in [-0.25, -0.2) is 0 Å². The minimum atomic E-state index is -0.568. The molecule has 1 amide bonds. The first-order chi connectivity index (χ1) is 11.9. The van der Waals surface area contributed by atoms with E-state index in [1.165, 1.54) is 30.9 Å². The average molecular weight is 344 g/mol. The molecular formula is C18H20N2O5. The molecule has 0 bridgehead atoms. The number of anilines is 1. The number of amides is 1. The van der Waals surface area contributed by atoms with E-state index < -0.39 is 10.8 Å². The molecule has 0 spiro atoms. The molecule has 0 atom stereocenters. The highest BCUT2D eigenvalue weighted by molar-refractivity contribution is 5.92. The molecule has 25 heavy (non-hydrogen) atoms. The number of nitrogens with one attached hydrogen (secondary N) is 1. The van der Waals surface area contributed by atoms with Gasteiger partial charge in [-0.3, -0.25) is 14.9 Å². The number of nitro groups is 1. The van der Waals surface area contributed by atoms with E-state index in [1.54, 1.807) is 12.1 Å². The van der Waals surface area contributed by atoms with E-state index in [1.807, 2.05) is 12.1 Å². The third-order valence-corrected chi connectivity index (χ3v) is 3.58. The normalized spacial score (nSPS) is 10.4. The van der Waals surface area contributed by atoms with Crippen LogP contribution in [0.5, 0.6) is 11.5 Å². The first-order valence-corrected chi connectivity index (χ1v) is 7.75. The minimum absolute atomic E-state index is 0.129. The smallest absolute Gasteiger partial charge is 0.312 e. The van der Waals surface area contributed by atoms with Crippen molar-refractivity contribution >= 4 is 17.3 Å². The molecule has 0 radical (unpaired) electrons. The predicted octanol–water partition coefficient (Wildman–Crippen LogP) is 3.74. The molecule has 2 aromatic rings. The second-order valence-corrected chi connectivity index (χ2v) is 5.70. The summed E-state index contributed by atoms with van der Waals surface area (Å²) in [6.45, 7) is 4.00. The second kappa shape index (κ2) is 8.14. The average Bonchev–Trinajstić information content (AvgIpc) is 2.60. The van der Waals surface area contributed by atoms with Crippen LogP contribution in [0.3, 0.4) is 0 Å². The summed E-state index contributed by atoms with van der Waals surface area (Å²) in [6.07, 6.45) is 0. The number of hydrogen-bond acceptors (Lipinski definition) is 5. The van der Waals surface area contributed by atoms with Gasteiger partial charge in [0.1, 0.15) is 5.75 Å². The maximum Gasteiger partial charge on any atom is 0.312 e. The summed E-state index contributed by atoms with van der Waals surface area (Å²) in [5.41, 5.74) is 1.27. The number of nitro benzene ring substituents is 1. The van der Waals surface area contributed by atoms with E-state index in [0.29, 0.717) is 17.4 Å². The van der Waals surface area contributed by atoms with Crippen LogP contribution in [0.15, 0.2) is 42.5 Å². The molecule has 7 heteroatoms. The molecule has 0 saturated carbocycles. The Morgan fingerprint density at radius 1 is 1.20 bits per heavy atom. The lowest BCUT2D eigenvalue weighted by atomic mass is 10.0. The zero-order valence-corrected chi connectivity index (χ0v) is 14.3. The van der Waals surface area contributed by atoms with Crippen molar-refractivity contribution in [1.29, 1.82) is 0 Å². The number of methoxy groups -OCH3 is 1. The summed E-state index contributed by atoms with van der Waals surface area (Å²) in [5.74, 6) is 0.723. The number of hydrogen-bond donors (Lipinski definition) is 1. The number of nitrogens with zero attached hydrogens (tertiary/aromatic N) is 1. The Bertz CT molecular complexity index is 757. The molecule has 0 aromatic heterocycles. The van der Waals surface area contributed by atoms with Crippen LogP contribution in [-0.4, -0.2) is 24.5 Å². The molecule has 132 valence electrons. The third-order valence-electron chi connectivity index (χ3n) is 3.58. The van der Waals surface area contributed by atoms with E-state index in [4.69, 9.17) is 9.47 Å². The van der Waals surface area contributed by atoms with Gasteiger partial charge >= 0.3 is 5.69 Å². The van der Waals surface area contributed by atoms with E-state index in [0.717, 1.165) is 0 Å². The zero-order chi connectivity index (χ0) is 18.4. The van der Waals surface area contributed by atoms with Crippen molar-refractivity contribution in [2.75, 3.05) is 19.0 Å². The van der Waals surface area contributed by atoms with Crippen molar-refractivity contribution in [2.24, 2.45) is 0 Å². The fourth-order valence-electron chi connectivity index (χ4n) is 2.21. The van der Waals surface area contributed by atoms with Gasteiger partial charge in [-0.1, -0.05) is 26.0 Å². The molecule has 0 heterocycles. The fraction of sp³-hybridized carbons (Fsp3) is 0.278. The fourth-order valence-corrected chi connectivity index (χ4v) is 2.21. The first-order valence-electron chi connectivity index (χ1n) is 7.75. The van der Waals surface area contributed by atoms with Crippen LogP contribution in [0.2, 0.25) is 0 Å². The van der Waals surface area contributed by atoms with Gasteiger partial charge < -0.3 is 14.8 Å². The Hall–Kier alpha value is -3.09. The number of benzene rings is 2. The monoisotopic (exact) mass is 344 g/mol. The summed E-state index contributed by atoms with van der Waals surface area (Å²) < 4.78 is 10.3. The summed E-state index contributed by atoms with van der Waals surface area (Å²) in [6, 6.07) is 11.7. The second-order valence-electron chi connectivity index (χ2n) is 5.70. The quantitative estimate of drug-likeness (QED) is 0.610. The van der Waals surface area contributed by atoms with Crippen molar-refractivity contribution in [3.05, 3.63) is 58.1 Å². The number of carbonyl (C=O) groups is 1. The number of ether oxygens (including phenoxy) is 2. The standard InChI is InChI=1S/C18H20N2O5/c1-12(2)13-4-7-15(8-5-13)25-11-18(21)19-14-6-9-17(24-3)16(10-14)20(22)23/h4-10,12H,11H2,1-3H3,(H,19,21). The summed E-state index contributed by atoms with van der Waals surface area (Å²) >= 11 is 0. The van der Waals surface area contributed by atoms with Crippen LogP contribution < -0.4 is 14.8 Å². The maximum atomic E-state index is 12.0. The van der Waals surface area contributed by atoms with Gasteiger partial charge in [0.25, 0.3) is 5.91 Å². The molecule has 0 saturated heterocycles. The van der Waals surface area contributed by atoms with Crippen LogP contribution in [0.25, 0.3) is 0 Å². The van der Waals surface area contributed by atoms with Crippen LogP contribution in [-0.2, 0) is 4.79 Å². The van der Waals surface area contributed by atoms with Crippen molar-refractivity contribution < 1.29 is 19.2 Å². The van der Waals surface area contributed by atoms with Crippen LogP contribution in [0.1, 0.15) is 25.3 Å². The molecule has 0 aliphatic carbocycles. The highest BCUT2D eigenvalue weighted by Gasteiger charge is 2.16. The van der Waals surface area contributed by atoms with Crippen LogP contribution in [0.4, 0.5) is 11.4 Å². The van der Waals surface area contributed by atoms with Crippen molar-refractivity contribution in [2.45, 2.75) is 19.8 Å². The summed E-state index contributed by atoms with van der Waals surface area (Å²) in [5, 5.41) is 13.6. The molecule has 0 aliphatic heterocycles. The largest absolute Gasteiger partial charge is 0.490 e. The van der Waals surface area contributed by atoms with Crippen LogP contribution in [0, 0.1) is 10.1 Å². The molecule has 7 nitrogen and oxygen atoms in total. The van der Waals surface area contributed by atoms with Gasteiger partial charge in [0.15, 0.2) is 12.4 Å². The van der Waals surface area contributed by atoms with Gasteiger partial charge in [-0.05, 0) is 35.7 Å². The Balaban J connectivity index is 1.96. The van der Waals surface area contributed by atoms with Gasteiger partial charge in [0.05, 0.1) is 12.0 Å². The summed E-state index contributed by atoms with van der Waals surface area (Å²) in [4.78, 5) is 22.4. The maximum absolute atomic E-state index is 12.0. The highest BCUT2D eigenvalue weighted by Crippen LogP contribution is 2.29. The molecule has 0 unspecified atom stereocenters. The van der Waals surface area contributed by atoms with Gasteiger partial charge in [0.2, 0.25) is 0 Å². The molecule has 0 aliphatic rings. The SMILES string of the molecule is COc1ccc(NC(=O)COc2ccc(C(C)C)cc2)cc1[N+](=O)[O-]. The lowest BCUT2D eigenvalue weighted by Gasteiger charge is -2.10. The lowest BCUT2D eigenvalue weighted by molar-refractivity contribution is -0.385. The molecule has 0 fully saturated rings. The van der Waals surface area contributed by atoms with Crippen LogP contribution >= 0.6 is 0 Å².